The number of rotatable bonds is 3. The average Bonchev–Trinajstić information content (AvgIpc) is 3.09. The summed E-state index contributed by atoms with van der Waals surface area (Å²) in [6.45, 7) is 2.11. The Hall–Kier alpha value is -1.97. The fourth-order valence-electron chi connectivity index (χ4n) is 2.52. The van der Waals surface area contributed by atoms with Gasteiger partial charge in [-0.25, -0.2) is 4.98 Å². The predicted molar refractivity (Wildman–Crippen MR) is 75.9 cm³/mol. The summed E-state index contributed by atoms with van der Waals surface area (Å²) in [6.07, 6.45) is -4.38. The molecule has 0 aromatic carbocycles. The highest BCUT2D eigenvalue weighted by Crippen LogP contribution is 2.34. The molecule has 2 aromatic heterocycles. The van der Waals surface area contributed by atoms with Crippen molar-refractivity contribution in [2.45, 2.75) is 39.0 Å². The van der Waals surface area contributed by atoms with Gasteiger partial charge in [0.2, 0.25) is 0 Å². The molecule has 1 N–H and O–H groups in total. The topological polar surface area (TPSA) is 72.7 Å². The largest absolute Gasteiger partial charge is 0.392 e. The third-order valence-corrected chi connectivity index (χ3v) is 4.53. The number of aromatic nitrogens is 4. The van der Waals surface area contributed by atoms with Gasteiger partial charge >= 0.3 is 6.18 Å². The van der Waals surface area contributed by atoms with Crippen molar-refractivity contribution in [2.75, 3.05) is 0 Å². The minimum absolute atomic E-state index is 0.000761. The Morgan fingerprint density at radius 3 is 2.91 bits per heavy atom. The molecule has 23 heavy (non-hydrogen) atoms. The van der Waals surface area contributed by atoms with Crippen molar-refractivity contribution in [1.82, 2.24) is 25.1 Å². The minimum Gasteiger partial charge on any atom is -0.343 e. The van der Waals surface area contributed by atoms with Gasteiger partial charge < -0.3 is 9.88 Å². The lowest BCUT2D eigenvalue weighted by Crippen LogP contribution is -2.32. The summed E-state index contributed by atoms with van der Waals surface area (Å²) < 4.78 is 39.9. The summed E-state index contributed by atoms with van der Waals surface area (Å²) in [7, 11) is 0. The van der Waals surface area contributed by atoms with Crippen molar-refractivity contribution in [3.05, 3.63) is 27.7 Å². The zero-order valence-corrected chi connectivity index (χ0v) is 13.0. The highest BCUT2D eigenvalue weighted by molar-refractivity contribution is 7.09. The van der Waals surface area contributed by atoms with E-state index in [0.717, 1.165) is 5.01 Å². The first-order chi connectivity index (χ1) is 10.8. The molecule has 0 saturated carbocycles. The fourth-order valence-corrected chi connectivity index (χ4v) is 3.11. The summed E-state index contributed by atoms with van der Waals surface area (Å²) in [5.41, 5.74) is 0.322. The molecule has 0 bridgehead atoms. The molecule has 1 aliphatic rings. The highest BCUT2D eigenvalue weighted by Gasteiger charge is 2.42. The Balaban J connectivity index is 1.65. The first kappa shape index (κ1) is 15.9. The van der Waals surface area contributed by atoms with Gasteiger partial charge in [-0.3, -0.25) is 4.79 Å². The zero-order chi connectivity index (χ0) is 16.6. The van der Waals surface area contributed by atoms with E-state index in [1.54, 1.807) is 16.9 Å². The Bertz CT molecular complexity index is 724. The maximum Gasteiger partial charge on any atom is 0.392 e. The van der Waals surface area contributed by atoms with Crippen LogP contribution in [-0.4, -0.2) is 31.8 Å². The molecule has 3 rings (SSSR count). The van der Waals surface area contributed by atoms with Gasteiger partial charge in [-0.15, -0.1) is 21.5 Å². The van der Waals surface area contributed by atoms with E-state index >= 15 is 0 Å². The highest BCUT2D eigenvalue weighted by atomic mass is 32.1. The number of halogens is 3. The number of thiazole rings is 1. The molecule has 6 nitrogen and oxygen atoms in total. The molecule has 1 amide bonds. The van der Waals surface area contributed by atoms with E-state index in [-0.39, 0.29) is 31.8 Å². The monoisotopic (exact) mass is 345 g/mol. The average molecular weight is 345 g/mol. The van der Waals surface area contributed by atoms with Crippen LogP contribution in [0.3, 0.4) is 0 Å². The molecule has 1 aliphatic heterocycles. The molecule has 0 aliphatic carbocycles. The molecule has 10 heteroatoms. The summed E-state index contributed by atoms with van der Waals surface area (Å²) >= 11 is 1.37. The van der Waals surface area contributed by atoms with Gasteiger partial charge in [0.25, 0.3) is 5.91 Å². The first-order valence-corrected chi connectivity index (χ1v) is 7.90. The number of carbonyl (C=O) groups excluding carboxylic acids is 1. The molecule has 0 radical (unpaired) electrons. The summed E-state index contributed by atoms with van der Waals surface area (Å²) in [5.74, 6) is -0.941. The van der Waals surface area contributed by atoms with Crippen molar-refractivity contribution in [1.29, 1.82) is 0 Å². The van der Waals surface area contributed by atoms with Crippen LogP contribution >= 0.6 is 11.3 Å². The zero-order valence-electron chi connectivity index (χ0n) is 12.2. The van der Waals surface area contributed by atoms with Crippen LogP contribution in [0.4, 0.5) is 13.2 Å². The second kappa shape index (κ2) is 5.91. The van der Waals surface area contributed by atoms with Crippen molar-refractivity contribution < 1.29 is 18.0 Å². The summed E-state index contributed by atoms with van der Waals surface area (Å²) in [5, 5.41) is 12.8. The SMILES string of the molecule is Cc1nc(C(=O)NCc2nnc3n2CCC(C(F)(F)F)C3)cs1. The van der Waals surface area contributed by atoms with Crippen LogP contribution < -0.4 is 5.32 Å². The molecule has 0 fully saturated rings. The van der Waals surface area contributed by atoms with Crippen LogP contribution in [0.25, 0.3) is 0 Å². The number of hydrogen-bond donors (Lipinski definition) is 1. The Kier molecular flexibility index (Phi) is 4.09. The van der Waals surface area contributed by atoms with Crippen LogP contribution in [0.2, 0.25) is 0 Å². The number of nitrogens with one attached hydrogen (secondary N) is 1. The Morgan fingerprint density at radius 2 is 2.26 bits per heavy atom. The minimum atomic E-state index is -4.21. The van der Waals surface area contributed by atoms with E-state index < -0.39 is 12.1 Å². The maximum absolute atomic E-state index is 12.8. The molecule has 0 saturated heterocycles. The second-order valence-corrected chi connectivity index (χ2v) is 6.41. The van der Waals surface area contributed by atoms with Gasteiger partial charge in [-0.2, -0.15) is 13.2 Å². The van der Waals surface area contributed by atoms with Gasteiger partial charge in [0, 0.05) is 18.3 Å². The lowest BCUT2D eigenvalue weighted by molar-refractivity contribution is -0.179. The smallest absolute Gasteiger partial charge is 0.343 e. The molecule has 124 valence electrons. The molecule has 0 spiro atoms. The van der Waals surface area contributed by atoms with Crippen molar-refractivity contribution in [2.24, 2.45) is 5.92 Å². The molecule has 3 heterocycles. The number of carbonyl (C=O) groups is 1. The predicted octanol–water partition coefficient (Wildman–Crippen LogP) is 2.10. The standard InChI is InChI=1S/C13H14F3N5OS/c1-7-18-9(6-23-7)12(22)17-5-11-20-19-10-4-8(13(14,15)16)2-3-21(10)11/h6,8H,2-5H2,1H3,(H,17,22). The number of amides is 1. The normalized spacial score (nSPS) is 17.8. The summed E-state index contributed by atoms with van der Waals surface area (Å²) in [6, 6.07) is 0. The summed E-state index contributed by atoms with van der Waals surface area (Å²) in [4.78, 5) is 16.0. The molecule has 1 unspecified atom stereocenters. The van der Waals surface area contributed by atoms with Crippen LogP contribution in [0.5, 0.6) is 0 Å². The quantitative estimate of drug-likeness (QED) is 0.925. The van der Waals surface area contributed by atoms with Crippen LogP contribution in [0.1, 0.15) is 33.6 Å². The fraction of sp³-hybridized carbons (Fsp3) is 0.538. The van der Waals surface area contributed by atoms with Crippen molar-refractivity contribution in [3.63, 3.8) is 0 Å². The first-order valence-electron chi connectivity index (χ1n) is 7.02. The van der Waals surface area contributed by atoms with Crippen LogP contribution in [0.15, 0.2) is 5.38 Å². The number of nitrogens with zero attached hydrogens (tertiary/aromatic N) is 4. The van der Waals surface area contributed by atoms with E-state index in [0.29, 0.717) is 17.3 Å². The van der Waals surface area contributed by atoms with E-state index in [4.69, 9.17) is 0 Å². The number of fused-ring (bicyclic) bond motifs is 1. The van der Waals surface area contributed by atoms with E-state index in [1.807, 2.05) is 0 Å². The van der Waals surface area contributed by atoms with Gasteiger partial charge in [-0.05, 0) is 13.3 Å². The third kappa shape index (κ3) is 3.36. The van der Waals surface area contributed by atoms with Crippen molar-refractivity contribution >= 4 is 17.2 Å². The van der Waals surface area contributed by atoms with Gasteiger partial charge in [-0.1, -0.05) is 0 Å². The van der Waals surface area contributed by atoms with Gasteiger partial charge in [0.1, 0.15) is 11.5 Å². The lowest BCUT2D eigenvalue weighted by Gasteiger charge is -2.25. The Labute approximate surface area is 133 Å². The number of aryl methyl sites for hydroxylation is 1. The van der Waals surface area contributed by atoms with Crippen LogP contribution in [0, 0.1) is 12.8 Å². The maximum atomic E-state index is 12.8. The van der Waals surface area contributed by atoms with E-state index in [9.17, 15) is 18.0 Å². The molecular formula is C13H14F3N5OS. The van der Waals surface area contributed by atoms with Gasteiger partial charge in [0.15, 0.2) is 5.82 Å². The van der Waals surface area contributed by atoms with Crippen LogP contribution in [-0.2, 0) is 19.5 Å². The van der Waals surface area contributed by atoms with E-state index in [2.05, 4.69) is 20.5 Å². The second-order valence-electron chi connectivity index (χ2n) is 5.35. The lowest BCUT2D eigenvalue weighted by atomic mass is 9.97. The third-order valence-electron chi connectivity index (χ3n) is 3.76. The van der Waals surface area contributed by atoms with E-state index in [1.165, 1.54) is 11.3 Å². The Morgan fingerprint density at radius 1 is 1.48 bits per heavy atom. The number of alkyl halides is 3. The molecule has 1 atom stereocenters. The number of hydrogen-bond acceptors (Lipinski definition) is 5. The van der Waals surface area contributed by atoms with Gasteiger partial charge in [0.05, 0.1) is 17.5 Å². The molecule has 2 aromatic rings. The molecular weight excluding hydrogens is 331 g/mol. The van der Waals surface area contributed by atoms with Crippen molar-refractivity contribution in [3.8, 4) is 0 Å².